The summed E-state index contributed by atoms with van der Waals surface area (Å²) in [5.41, 5.74) is 7.76. The molecule has 1 saturated carbocycles. The molecule has 0 saturated heterocycles. The van der Waals surface area contributed by atoms with Gasteiger partial charge in [0, 0.05) is 36.0 Å². The number of aromatic nitrogens is 4. The molecule has 1 aromatic carbocycles. The lowest BCUT2D eigenvalue weighted by Crippen LogP contribution is -2.24. The average Bonchev–Trinajstić information content (AvgIpc) is 3.22. The lowest BCUT2D eigenvalue weighted by molar-refractivity contribution is -0.120. The number of anilines is 1. The molecular formula is C28H28N6O. The summed E-state index contributed by atoms with van der Waals surface area (Å²) >= 11 is 0. The fraction of sp³-hybridized carbons (Fsp3) is 0.321. The smallest absolute Gasteiger partial charge is 0.227 e. The van der Waals surface area contributed by atoms with Gasteiger partial charge in [-0.2, -0.15) is 0 Å². The number of aliphatic imine (C=N–C) groups is 1. The molecule has 6 rings (SSSR count). The van der Waals surface area contributed by atoms with Crippen LogP contribution in [0.5, 0.6) is 0 Å². The standard InChI is InChI=1S/C28H28N6O/c35-28(19-5-2-1-3-6-19)32-22-13-21(15-30-16-22)20-9-8-18-7-4-11-31-26(23(18)14-20)27-33-24-10-12-29-17-25(24)34-27/h8-10,12-17,19H,1-7,11H2,(H,32,35)(H,33,34). The molecule has 4 heterocycles. The number of nitrogens with zero attached hydrogens (tertiary/aromatic N) is 4. The number of pyridine rings is 2. The van der Waals surface area contributed by atoms with E-state index in [1.807, 2.05) is 18.3 Å². The van der Waals surface area contributed by atoms with E-state index in [1.54, 1.807) is 18.6 Å². The van der Waals surface area contributed by atoms with Crippen LogP contribution in [-0.4, -0.2) is 38.1 Å². The summed E-state index contributed by atoms with van der Waals surface area (Å²) in [6.45, 7) is 0.763. The lowest BCUT2D eigenvalue weighted by Gasteiger charge is -2.20. The SMILES string of the molecule is O=C(Nc1cncc(-c2ccc3c(c2)C(c2nc4ccncc4[nH]2)=NCCC3)c1)C1CCCCC1. The van der Waals surface area contributed by atoms with Gasteiger partial charge in [-0.1, -0.05) is 31.4 Å². The van der Waals surface area contributed by atoms with Crippen molar-refractivity contribution in [2.45, 2.75) is 44.9 Å². The molecule has 0 unspecified atom stereocenters. The van der Waals surface area contributed by atoms with E-state index in [-0.39, 0.29) is 11.8 Å². The minimum absolute atomic E-state index is 0.109. The lowest BCUT2D eigenvalue weighted by atomic mass is 9.88. The number of carbonyl (C=O) groups is 1. The molecule has 2 aliphatic rings. The summed E-state index contributed by atoms with van der Waals surface area (Å²) in [5, 5.41) is 3.10. The number of aromatic amines is 1. The number of imidazole rings is 1. The molecule has 7 nitrogen and oxygen atoms in total. The summed E-state index contributed by atoms with van der Waals surface area (Å²) < 4.78 is 0. The van der Waals surface area contributed by atoms with Crippen LogP contribution in [0.25, 0.3) is 22.2 Å². The van der Waals surface area contributed by atoms with E-state index in [0.29, 0.717) is 0 Å². The highest BCUT2D eigenvalue weighted by atomic mass is 16.1. The van der Waals surface area contributed by atoms with Crippen LogP contribution in [0.15, 0.2) is 60.1 Å². The number of hydrogen-bond donors (Lipinski definition) is 2. The quantitative estimate of drug-likeness (QED) is 0.427. The topological polar surface area (TPSA) is 95.9 Å². The summed E-state index contributed by atoms with van der Waals surface area (Å²) in [7, 11) is 0. The summed E-state index contributed by atoms with van der Waals surface area (Å²) in [6, 6.07) is 10.4. The Hall–Kier alpha value is -3.87. The van der Waals surface area contributed by atoms with Gasteiger partial charge in [0.2, 0.25) is 5.91 Å². The monoisotopic (exact) mass is 464 g/mol. The zero-order valence-corrected chi connectivity index (χ0v) is 19.6. The summed E-state index contributed by atoms with van der Waals surface area (Å²) in [4.78, 5) is 34.5. The first kappa shape index (κ1) is 21.6. The second-order valence-corrected chi connectivity index (χ2v) is 9.47. The van der Waals surface area contributed by atoms with Crippen molar-refractivity contribution in [2.24, 2.45) is 10.9 Å². The van der Waals surface area contributed by atoms with Crippen LogP contribution in [0, 0.1) is 5.92 Å². The van der Waals surface area contributed by atoms with Crippen molar-refractivity contribution in [3.8, 4) is 11.1 Å². The molecule has 176 valence electrons. The molecule has 0 bridgehead atoms. The van der Waals surface area contributed by atoms with Gasteiger partial charge < -0.3 is 10.3 Å². The molecule has 1 amide bonds. The Labute approximate surface area is 204 Å². The van der Waals surface area contributed by atoms with Crippen molar-refractivity contribution in [2.75, 3.05) is 11.9 Å². The average molecular weight is 465 g/mol. The highest BCUT2D eigenvalue weighted by Crippen LogP contribution is 2.29. The Bertz CT molecular complexity index is 1380. The third-order valence-electron chi connectivity index (χ3n) is 7.06. The fourth-order valence-corrected chi connectivity index (χ4v) is 5.19. The van der Waals surface area contributed by atoms with Crippen LogP contribution >= 0.6 is 0 Å². The number of hydrogen-bond acceptors (Lipinski definition) is 5. The molecule has 3 aromatic heterocycles. The van der Waals surface area contributed by atoms with E-state index in [0.717, 1.165) is 90.0 Å². The van der Waals surface area contributed by atoms with Crippen LogP contribution in [-0.2, 0) is 11.2 Å². The van der Waals surface area contributed by atoms with Crippen molar-refractivity contribution >= 4 is 28.3 Å². The van der Waals surface area contributed by atoms with Gasteiger partial charge in [-0.3, -0.25) is 19.8 Å². The van der Waals surface area contributed by atoms with Gasteiger partial charge in [-0.05, 0) is 55.0 Å². The Morgan fingerprint density at radius 1 is 0.943 bits per heavy atom. The van der Waals surface area contributed by atoms with E-state index in [9.17, 15) is 4.79 Å². The third kappa shape index (κ3) is 4.46. The number of aryl methyl sites for hydroxylation is 1. The predicted molar refractivity (Wildman–Crippen MR) is 138 cm³/mol. The predicted octanol–water partition coefficient (Wildman–Crippen LogP) is 5.32. The van der Waals surface area contributed by atoms with Crippen molar-refractivity contribution in [3.05, 3.63) is 72.1 Å². The van der Waals surface area contributed by atoms with Gasteiger partial charge >= 0.3 is 0 Å². The number of amides is 1. The second kappa shape index (κ2) is 9.41. The number of rotatable bonds is 4. The van der Waals surface area contributed by atoms with Gasteiger partial charge in [0.1, 0.15) is 5.71 Å². The Balaban J connectivity index is 1.32. The molecule has 1 aliphatic heterocycles. The van der Waals surface area contributed by atoms with Gasteiger partial charge in [0.05, 0.1) is 29.1 Å². The minimum Gasteiger partial charge on any atom is -0.335 e. The van der Waals surface area contributed by atoms with E-state index in [4.69, 9.17) is 9.98 Å². The zero-order valence-electron chi connectivity index (χ0n) is 19.6. The van der Waals surface area contributed by atoms with Gasteiger partial charge in [-0.15, -0.1) is 0 Å². The maximum Gasteiger partial charge on any atom is 0.227 e. The Kier molecular flexibility index (Phi) is 5.82. The number of benzene rings is 1. The largest absolute Gasteiger partial charge is 0.335 e. The van der Waals surface area contributed by atoms with Crippen molar-refractivity contribution in [1.82, 2.24) is 19.9 Å². The first-order chi connectivity index (χ1) is 17.2. The highest BCUT2D eigenvalue weighted by molar-refractivity contribution is 6.13. The van der Waals surface area contributed by atoms with E-state index < -0.39 is 0 Å². The molecule has 1 fully saturated rings. The summed E-state index contributed by atoms with van der Waals surface area (Å²) in [6.07, 6.45) is 14.5. The maximum absolute atomic E-state index is 12.7. The molecule has 35 heavy (non-hydrogen) atoms. The highest BCUT2D eigenvalue weighted by Gasteiger charge is 2.22. The molecule has 7 heteroatoms. The van der Waals surface area contributed by atoms with Crippen LogP contribution in [0.2, 0.25) is 0 Å². The molecule has 4 aromatic rings. The number of fused-ring (bicyclic) bond motifs is 2. The third-order valence-corrected chi connectivity index (χ3v) is 7.06. The maximum atomic E-state index is 12.7. The fourth-order valence-electron chi connectivity index (χ4n) is 5.19. The zero-order chi connectivity index (χ0) is 23.6. The Morgan fingerprint density at radius 2 is 1.86 bits per heavy atom. The van der Waals surface area contributed by atoms with Crippen LogP contribution in [0.4, 0.5) is 5.69 Å². The first-order valence-electron chi connectivity index (χ1n) is 12.5. The first-order valence-corrected chi connectivity index (χ1v) is 12.5. The minimum atomic E-state index is 0.109. The normalized spacial score (nSPS) is 16.4. The van der Waals surface area contributed by atoms with Gasteiger partial charge in [0.15, 0.2) is 5.82 Å². The van der Waals surface area contributed by atoms with Gasteiger partial charge in [-0.25, -0.2) is 4.98 Å². The summed E-state index contributed by atoms with van der Waals surface area (Å²) in [5.74, 6) is 0.983. The molecule has 2 N–H and O–H groups in total. The van der Waals surface area contributed by atoms with Crippen molar-refractivity contribution in [3.63, 3.8) is 0 Å². The second-order valence-electron chi connectivity index (χ2n) is 9.47. The number of carbonyl (C=O) groups excluding carboxylic acids is 1. The van der Waals surface area contributed by atoms with Crippen LogP contribution in [0.1, 0.15) is 55.5 Å². The molecular weight excluding hydrogens is 436 g/mol. The van der Waals surface area contributed by atoms with Gasteiger partial charge in [0.25, 0.3) is 0 Å². The van der Waals surface area contributed by atoms with Crippen molar-refractivity contribution in [1.29, 1.82) is 0 Å². The van der Waals surface area contributed by atoms with E-state index in [2.05, 4.69) is 38.5 Å². The number of H-pyrrole nitrogens is 1. The molecule has 0 radical (unpaired) electrons. The van der Waals surface area contributed by atoms with Crippen molar-refractivity contribution < 1.29 is 4.79 Å². The molecule has 0 spiro atoms. The number of nitrogens with one attached hydrogen (secondary N) is 2. The molecule has 0 atom stereocenters. The van der Waals surface area contributed by atoms with E-state index in [1.165, 1.54) is 12.0 Å². The van der Waals surface area contributed by atoms with Crippen LogP contribution < -0.4 is 5.32 Å². The molecule has 1 aliphatic carbocycles. The Morgan fingerprint density at radius 3 is 2.74 bits per heavy atom. The van der Waals surface area contributed by atoms with E-state index >= 15 is 0 Å². The van der Waals surface area contributed by atoms with Crippen LogP contribution in [0.3, 0.4) is 0 Å².